The fourth-order valence-electron chi connectivity index (χ4n) is 1.64. The average Bonchev–Trinajstić information content (AvgIpc) is 2.89. The molecule has 3 aromatic rings. The van der Waals surface area contributed by atoms with Crippen molar-refractivity contribution in [3.8, 4) is 17.7 Å². The zero-order chi connectivity index (χ0) is 12.4. The van der Waals surface area contributed by atoms with Crippen molar-refractivity contribution in [2.24, 2.45) is 0 Å². The van der Waals surface area contributed by atoms with E-state index in [1.807, 2.05) is 6.07 Å². The number of nitriles is 1. The molecule has 0 aliphatic heterocycles. The summed E-state index contributed by atoms with van der Waals surface area (Å²) in [5, 5.41) is 9.54. The Balaban J connectivity index is 1.96. The Hall–Kier alpha value is -2.87. The van der Waals surface area contributed by atoms with E-state index in [0.29, 0.717) is 17.2 Å². The average molecular weight is 236 g/mol. The van der Waals surface area contributed by atoms with E-state index < -0.39 is 0 Å². The van der Waals surface area contributed by atoms with Crippen molar-refractivity contribution in [1.82, 2.24) is 15.0 Å². The predicted octanol–water partition coefficient (Wildman–Crippen LogP) is 2.62. The van der Waals surface area contributed by atoms with Crippen LogP contribution in [-0.4, -0.2) is 15.0 Å². The fraction of sp³-hybridized carbons (Fsp3) is 0. The molecule has 0 aliphatic rings. The molecule has 18 heavy (non-hydrogen) atoms. The van der Waals surface area contributed by atoms with Crippen molar-refractivity contribution >= 4 is 11.0 Å². The summed E-state index contributed by atoms with van der Waals surface area (Å²) in [4.78, 5) is 11.2. The minimum atomic E-state index is 0.492. The number of ether oxygens (including phenoxy) is 1. The first kappa shape index (κ1) is 10.3. The molecule has 0 fully saturated rings. The number of nitrogens with one attached hydrogen (secondary N) is 1. The molecule has 1 aromatic carbocycles. The standard InChI is InChI=1S/C13H8N4O/c14-7-9-1-3-10(4-2-9)18-13-11-5-6-15-12(11)16-8-17-13/h1-6,8H,(H,15,16,17). The minimum Gasteiger partial charge on any atom is -0.438 e. The highest BCUT2D eigenvalue weighted by molar-refractivity contribution is 5.80. The van der Waals surface area contributed by atoms with Crippen LogP contribution in [0.15, 0.2) is 42.9 Å². The lowest BCUT2D eigenvalue weighted by molar-refractivity contribution is 0.468. The van der Waals surface area contributed by atoms with Crippen LogP contribution in [0.25, 0.3) is 11.0 Å². The first-order valence-electron chi connectivity index (χ1n) is 5.33. The summed E-state index contributed by atoms with van der Waals surface area (Å²) in [6.45, 7) is 0. The van der Waals surface area contributed by atoms with Crippen LogP contribution < -0.4 is 4.74 Å². The molecule has 5 heteroatoms. The summed E-state index contributed by atoms with van der Waals surface area (Å²) in [5.74, 6) is 1.13. The number of benzene rings is 1. The van der Waals surface area contributed by atoms with Gasteiger partial charge < -0.3 is 9.72 Å². The highest BCUT2D eigenvalue weighted by atomic mass is 16.5. The highest BCUT2D eigenvalue weighted by Crippen LogP contribution is 2.25. The summed E-state index contributed by atoms with van der Waals surface area (Å²) in [5.41, 5.74) is 1.32. The van der Waals surface area contributed by atoms with Gasteiger partial charge in [0.25, 0.3) is 0 Å². The lowest BCUT2D eigenvalue weighted by atomic mass is 10.2. The smallest absolute Gasteiger partial charge is 0.231 e. The lowest BCUT2D eigenvalue weighted by Gasteiger charge is -2.04. The van der Waals surface area contributed by atoms with E-state index in [9.17, 15) is 0 Å². The van der Waals surface area contributed by atoms with Crippen molar-refractivity contribution in [2.45, 2.75) is 0 Å². The third-order valence-corrected chi connectivity index (χ3v) is 2.52. The summed E-state index contributed by atoms with van der Waals surface area (Å²) >= 11 is 0. The van der Waals surface area contributed by atoms with Gasteiger partial charge in [-0.2, -0.15) is 5.26 Å². The second-order valence-corrected chi connectivity index (χ2v) is 3.66. The van der Waals surface area contributed by atoms with E-state index in [1.54, 1.807) is 30.5 Å². The molecule has 0 unspecified atom stereocenters. The van der Waals surface area contributed by atoms with Crippen molar-refractivity contribution in [3.63, 3.8) is 0 Å². The van der Waals surface area contributed by atoms with Crippen LogP contribution in [0, 0.1) is 11.3 Å². The van der Waals surface area contributed by atoms with Gasteiger partial charge in [-0.15, -0.1) is 0 Å². The molecule has 0 saturated heterocycles. The Morgan fingerprint density at radius 2 is 1.94 bits per heavy atom. The summed E-state index contributed by atoms with van der Waals surface area (Å²) in [7, 11) is 0. The number of H-pyrrole nitrogens is 1. The van der Waals surface area contributed by atoms with Gasteiger partial charge >= 0.3 is 0 Å². The number of aromatic amines is 1. The van der Waals surface area contributed by atoms with E-state index in [-0.39, 0.29) is 0 Å². The topological polar surface area (TPSA) is 74.6 Å². The normalized spacial score (nSPS) is 10.2. The van der Waals surface area contributed by atoms with Crippen molar-refractivity contribution in [3.05, 3.63) is 48.4 Å². The van der Waals surface area contributed by atoms with Crippen molar-refractivity contribution < 1.29 is 4.74 Å². The van der Waals surface area contributed by atoms with Crippen molar-refractivity contribution in [1.29, 1.82) is 5.26 Å². The second-order valence-electron chi connectivity index (χ2n) is 3.66. The number of hydrogen-bond donors (Lipinski definition) is 1. The van der Waals surface area contributed by atoms with Gasteiger partial charge in [-0.3, -0.25) is 0 Å². The molecule has 5 nitrogen and oxygen atoms in total. The maximum absolute atomic E-state index is 8.72. The van der Waals surface area contributed by atoms with E-state index in [2.05, 4.69) is 21.0 Å². The van der Waals surface area contributed by atoms with E-state index >= 15 is 0 Å². The molecule has 1 N–H and O–H groups in total. The van der Waals surface area contributed by atoms with Crippen LogP contribution >= 0.6 is 0 Å². The Labute approximate surface area is 103 Å². The maximum Gasteiger partial charge on any atom is 0.231 e. The van der Waals surface area contributed by atoms with Gasteiger partial charge in [0.2, 0.25) is 5.88 Å². The van der Waals surface area contributed by atoms with E-state index in [4.69, 9.17) is 10.00 Å². The third kappa shape index (κ3) is 1.76. The summed E-state index contributed by atoms with van der Waals surface area (Å²) < 4.78 is 5.67. The summed E-state index contributed by atoms with van der Waals surface area (Å²) in [6.07, 6.45) is 3.23. The van der Waals surface area contributed by atoms with Crippen LogP contribution in [-0.2, 0) is 0 Å². The number of fused-ring (bicyclic) bond motifs is 1. The Bertz CT molecular complexity index is 725. The number of aromatic nitrogens is 3. The Morgan fingerprint density at radius 1 is 1.11 bits per heavy atom. The fourth-order valence-corrected chi connectivity index (χ4v) is 1.64. The molecule has 0 amide bonds. The molecule has 2 aromatic heterocycles. The third-order valence-electron chi connectivity index (χ3n) is 2.52. The molecule has 0 saturated carbocycles. The predicted molar refractivity (Wildman–Crippen MR) is 65.1 cm³/mol. The molecule has 0 radical (unpaired) electrons. The molecular weight excluding hydrogens is 228 g/mol. The van der Waals surface area contributed by atoms with Crippen LogP contribution in [0.4, 0.5) is 0 Å². The van der Waals surface area contributed by atoms with Gasteiger partial charge in [0.05, 0.1) is 17.0 Å². The first-order valence-corrected chi connectivity index (χ1v) is 5.33. The molecule has 86 valence electrons. The van der Waals surface area contributed by atoms with Crippen LogP contribution in [0.5, 0.6) is 11.6 Å². The van der Waals surface area contributed by atoms with Crippen molar-refractivity contribution in [2.75, 3.05) is 0 Å². The molecule has 0 atom stereocenters. The Kier molecular flexibility index (Phi) is 2.39. The molecule has 2 heterocycles. The van der Waals surface area contributed by atoms with Crippen LogP contribution in [0.3, 0.4) is 0 Å². The van der Waals surface area contributed by atoms with Crippen LogP contribution in [0.1, 0.15) is 5.56 Å². The zero-order valence-corrected chi connectivity index (χ0v) is 9.29. The number of nitrogens with zero attached hydrogens (tertiary/aromatic N) is 3. The van der Waals surface area contributed by atoms with Gasteiger partial charge in [0.1, 0.15) is 17.7 Å². The highest BCUT2D eigenvalue weighted by Gasteiger charge is 2.06. The molecule has 3 rings (SSSR count). The molecule has 0 spiro atoms. The van der Waals surface area contributed by atoms with Crippen LogP contribution in [0.2, 0.25) is 0 Å². The van der Waals surface area contributed by atoms with E-state index in [0.717, 1.165) is 11.0 Å². The maximum atomic E-state index is 8.72. The van der Waals surface area contributed by atoms with Gasteiger partial charge in [-0.05, 0) is 30.3 Å². The quantitative estimate of drug-likeness (QED) is 0.742. The molecular formula is C13H8N4O. The monoisotopic (exact) mass is 236 g/mol. The van der Waals surface area contributed by atoms with Gasteiger partial charge in [0, 0.05) is 6.20 Å². The van der Waals surface area contributed by atoms with Gasteiger partial charge in [-0.25, -0.2) is 9.97 Å². The SMILES string of the molecule is N#Cc1ccc(Oc2ncnc3[nH]ccc23)cc1. The van der Waals surface area contributed by atoms with E-state index in [1.165, 1.54) is 6.33 Å². The first-order chi connectivity index (χ1) is 8.86. The molecule has 0 aliphatic carbocycles. The number of hydrogen-bond acceptors (Lipinski definition) is 4. The van der Waals surface area contributed by atoms with Gasteiger partial charge in [-0.1, -0.05) is 0 Å². The second kappa shape index (κ2) is 4.18. The zero-order valence-electron chi connectivity index (χ0n) is 9.29. The number of rotatable bonds is 2. The minimum absolute atomic E-state index is 0.492. The molecule has 0 bridgehead atoms. The Morgan fingerprint density at radius 3 is 2.72 bits per heavy atom. The lowest BCUT2D eigenvalue weighted by Crippen LogP contribution is -1.90. The summed E-state index contributed by atoms with van der Waals surface area (Å²) in [6, 6.07) is 10.8. The van der Waals surface area contributed by atoms with Gasteiger partial charge in [0.15, 0.2) is 0 Å². The largest absolute Gasteiger partial charge is 0.438 e.